The summed E-state index contributed by atoms with van der Waals surface area (Å²) in [6.07, 6.45) is 1.69. The van der Waals surface area contributed by atoms with E-state index < -0.39 is 5.97 Å². The molecule has 0 fully saturated rings. The molecule has 1 N–H and O–H groups in total. The number of para-hydroxylation sites is 1. The molecule has 2 aliphatic heterocycles. The van der Waals surface area contributed by atoms with Crippen molar-refractivity contribution in [2.45, 2.75) is 13.2 Å². The standard InChI is InChI=1S/C21H17N3O6/c1-27-21(26)14-6-17-18(30-11-29-17)7-15(14)23-19(25)9-24-20-12(8-22-24)10-28-16-5-3-2-4-13(16)20/h2-8H,9-11H2,1H3,(H,23,25). The van der Waals surface area contributed by atoms with Crippen LogP contribution in [-0.4, -0.2) is 35.6 Å². The van der Waals surface area contributed by atoms with Crippen LogP contribution in [0.15, 0.2) is 42.6 Å². The highest BCUT2D eigenvalue weighted by Crippen LogP contribution is 2.38. The molecule has 0 atom stereocenters. The summed E-state index contributed by atoms with van der Waals surface area (Å²) < 4.78 is 22.8. The Morgan fingerprint density at radius 3 is 2.77 bits per heavy atom. The van der Waals surface area contributed by atoms with Crippen LogP contribution in [0.4, 0.5) is 5.69 Å². The maximum absolute atomic E-state index is 12.8. The van der Waals surface area contributed by atoms with Crippen LogP contribution >= 0.6 is 0 Å². The highest BCUT2D eigenvalue weighted by Gasteiger charge is 2.25. The number of rotatable bonds is 4. The molecule has 2 aliphatic rings. The number of methoxy groups -OCH3 is 1. The fraction of sp³-hybridized carbons (Fsp3) is 0.190. The first kappa shape index (κ1) is 18.0. The van der Waals surface area contributed by atoms with Crippen molar-refractivity contribution in [1.29, 1.82) is 0 Å². The molecule has 1 amide bonds. The Hall–Kier alpha value is -4.01. The number of aromatic nitrogens is 2. The van der Waals surface area contributed by atoms with Crippen molar-refractivity contribution in [2.24, 2.45) is 0 Å². The lowest BCUT2D eigenvalue weighted by Crippen LogP contribution is -2.22. The number of nitrogens with one attached hydrogen (secondary N) is 1. The van der Waals surface area contributed by atoms with Crippen LogP contribution < -0.4 is 19.5 Å². The Labute approximate surface area is 171 Å². The fourth-order valence-corrected chi connectivity index (χ4v) is 3.56. The number of esters is 1. The summed E-state index contributed by atoms with van der Waals surface area (Å²) in [5, 5.41) is 7.11. The number of anilines is 1. The van der Waals surface area contributed by atoms with E-state index in [0.29, 0.717) is 18.1 Å². The lowest BCUT2D eigenvalue weighted by molar-refractivity contribution is -0.116. The largest absolute Gasteiger partial charge is 0.488 e. The summed E-state index contributed by atoms with van der Waals surface area (Å²) in [6.45, 7) is 0.398. The van der Waals surface area contributed by atoms with E-state index >= 15 is 0 Å². The van der Waals surface area contributed by atoms with Crippen molar-refractivity contribution < 1.29 is 28.5 Å². The van der Waals surface area contributed by atoms with E-state index in [2.05, 4.69) is 10.4 Å². The molecule has 0 unspecified atom stereocenters. The Morgan fingerprint density at radius 1 is 1.13 bits per heavy atom. The van der Waals surface area contributed by atoms with Gasteiger partial charge in [-0.25, -0.2) is 4.79 Å². The molecular formula is C21H17N3O6. The van der Waals surface area contributed by atoms with Crippen LogP contribution in [0.25, 0.3) is 11.3 Å². The highest BCUT2D eigenvalue weighted by molar-refractivity contribution is 6.02. The van der Waals surface area contributed by atoms with Gasteiger partial charge >= 0.3 is 5.97 Å². The number of ether oxygens (including phenoxy) is 4. The van der Waals surface area contributed by atoms with E-state index in [0.717, 1.165) is 22.6 Å². The van der Waals surface area contributed by atoms with Gasteiger partial charge in [-0.2, -0.15) is 5.10 Å². The van der Waals surface area contributed by atoms with Crippen LogP contribution in [0.3, 0.4) is 0 Å². The normalized spacial score (nSPS) is 13.1. The molecule has 3 aromatic rings. The predicted molar refractivity (Wildman–Crippen MR) is 105 cm³/mol. The van der Waals surface area contributed by atoms with Gasteiger partial charge in [-0.05, 0) is 12.1 Å². The molecular weight excluding hydrogens is 390 g/mol. The molecule has 30 heavy (non-hydrogen) atoms. The molecule has 9 heteroatoms. The maximum Gasteiger partial charge on any atom is 0.340 e. The second kappa shape index (κ2) is 7.11. The summed E-state index contributed by atoms with van der Waals surface area (Å²) in [4.78, 5) is 25.0. The molecule has 9 nitrogen and oxygen atoms in total. The molecule has 0 radical (unpaired) electrons. The average molecular weight is 407 g/mol. The molecule has 0 aliphatic carbocycles. The Kier molecular flexibility index (Phi) is 4.27. The van der Waals surface area contributed by atoms with E-state index in [1.165, 1.54) is 13.2 Å². The monoisotopic (exact) mass is 407 g/mol. The van der Waals surface area contributed by atoms with Crippen LogP contribution in [-0.2, 0) is 22.7 Å². The minimum Gasteiger partial charge on any atom is -0.488 e. The number of hydrogen-bond acceptors (Lipinski definition) is 7. The topological polar surface area (TPSA) is 101 Å². The van der Waals surface area contributed by atoms with Crippen molar-refractivity contribution in [3.8, 4) is 28.5 Å². The van der Waals surface area contributed by atoms with E-state index in [9.17, 15) is 9.59 Å². The lowest BCUT2D eigenvalue weighted by atomic mass is 10.0. The van der Waals surface area contributed by atoms with Crippen molar-refractivity contribution in [3.63, 3.8) is 0 Å². The first-order valence-electron chi connectivity index (χ1n) is 9.22. The van der Waals surface area contributed by atoms with Gasteiger partial charge in [0.1, 0.15) is 18.9 Å². The molecule has 2 aromatic carbocycles. The zero-order valence-electron chi connectivity index (χ0n) is 16.0. The third-order valence-electron chi connectivity index (χ3n) is 4.93. The van der Waals surface area contributed by atoms with Crippen molar-refractivity contribution in [3.05, 3.63) is 53.7 Å². The molecule has 5 rings (SSSR count). The van der Waals surface area contributed by atoms with Gasteiger partial charge in [-0.3, -0.25) is 9.48 Å². The van der Waals surface area contributed by atoms with Crippen LogP contribution in [0.2, 0.25) is 0 Å². The molecule has 0 saturated heterocycles. The van der Waals surface area contributed by atoms with Crippen LogP contribution in [0, 0.1) is 0 Å². The molecule has 152 valence electrons. The second-order valence-corrected chi connectivity index (χ2v) is 6.75. The van der Waals surface area contributed by atoms with E-state index in [-0.39, 0.29) is 30.5 Å². The van der Waals surface area contributed by atoms with Gasteiger partial charge in [0.15, 0.2) is 11.5 Å². The number of carbonyl (C=O) groups excluding carboxylic acids is 2. The SMILES string of the molecule is COC(=O)c1cc2c(cc1NC(=O)Cn1ncc3c1-c1ccccc1OC3)OCO2. The van der Waals surface area contributed by atoms with Crippen LogP contribution in [0.1, 0.15) is 15.9 Å². The number of nitrogens with zero attached hydrogens (tertiary/aromatic N) is 2. The van der Waals surface area contributed by atoms with Gasteiger partial charge < -0.3 is 24.3 Å². The number of carbonyl (C=O) groups is 2. The van der Waals surface area contributed by atoms with Crippen molar-refractivity contribution >= 4 is 17.6 Å². The smallest absolute Gasteiger partial charge is 0.340 e. The van der Waals surface area contributed by atoms with E-state index in [1.54, 1.807) is 16.9 Å². The average Bonchev–Trinajstić information content (AvgIpc) is 3.39. The lowest BCUT2D eigenvalue weighted by Gasteiger charge is -2.19. The zero-order valence-corrected chi connectivity index (χ0v) is 16.0. The summed E-state index contributed by atoms with van der Waals surface area (Å²) >= 11 is 0. The third-order valence-corrected chi connectivity index (χ3v) is 4.93. The molecule has 0 saturated carbocycles. The second-order valence-electron chi connectivity index (χ2n) is 6.75. The van der Waals surface area contributed by atoms with Gasteiger partial charge in [-0.15, -0.1) is 0 Å². The van der Waals surface area contributed by atoms with Gasteiger partial charge in [0.25, 0.3) is 0 Å². The Balaban J connectivity index is 1.43. The summed E-state index contributed by atoms with van der Waals surface area (Å²) in [6, 6.07) is 10.7. The summed E-state index contributed by atoms with van der Waals surface area (Å²) in [5.41, 5.74) is 3.07. The first-order chi connectivity index (χ1) is 14.6. The van der Waals surface area contributed by atoms with Gasteiger partial charge in [0, 0.05) is 23.3 Å². The predicted octanol–water partition coefficient (Wildman–Crippen LogP) is 2.60. The highest BCUT2D eigenvalue weighted by atomic mass is 16.7. The summed E-state index contributed by atoms with van der Waals surface area (Å²) in [5.74, 6) is 0.669. The number of hydrogen-bond donors (Lipinski definition) is 1. The third kappa shape index (κ3) is 3.00. The molecule has 1 aromatic heterocycles. The van der Waals surface area contributed by atoms with E-state index in [1.807, 2.05) is 24.3 Å². The van der Waals surface area contributed by atoms with Crippen molar-refractivity contribution in [2.75, 3.05) is 19.2 Å². The first-order valence-corrected chi connectivity index (χ1v) is 9.22. The number of amides is 1. The zero-order chi connectivity index (χ0) is 20.7. The minimum atomic E-state index is -0.592. The minimum absolute atomic E-state index is 0.0429. The maximum atomic E-state index is 12.8. The van der Waals surface area contributed by atoms with E-state index in [4.69, 9.17) is 18.9 Å². The Bertz CT molecular complexity index is 1170. The molecule has 3 heterocycles. The molecule has 0 bridgehead atoms. The quantitative estimate of drug-likeness (QED) is 0.664. The van der Waals surface area contributed by atoms with Crippen molar-refractivity contribution in [1.82, 2.24) is 9.78 Å². The Morgan fingerprint density at radius 2 is 1.93 bits per heavy atom. The van der Waals surface area contributed by atoms with Crippen LogP contribution in [0.5, 0.6) is 17.2 Å². The molecule has 0 spiro atoms. The van der Waals surface area contributed by atoms with Gasteiger partial charge in [0.2, 0.25) is 12.7 Å². The fourth-order valence-electron chi connectivity index (χ4n) is 3.56. The van der Waals surface area contributed by atoms with Gasteiger partial charge in [0.05, 0.1) is 30.3 Å². The summed E-state index contributed by atoms with van der Waals surface area (Å²) in [7, 11) is 1.27. The van der Waals surface area contributed by atoms with Gasteiger partial charge in [-0.1, -0.05) is 12.1 Å². The number of fused-ring (bicyclic) bond motifs is 4. The number of benzene rings is 2.